The Balaban J connectivity index is 0.00000169. The minimum atomic E-state index is 0. The molecule has 1 aromatic heterocycles. The molecule has 24 heavy (non-hydrogen) atoms. The molecule has 2 bridgehead atoms. The number of rotatable bonds is 4. The van der Waals surface area contributed by atoms with Crippen LogP contribution in [0.3, 0.4) is 0 Å². The molecule has 0 aromatic carbocycles. The van der Waals surface area contributed by atoms with E-state index in [1.807, 2.05) is 6.92 Å². The van der Waals surface area contributed by atoms with E-state index in [9.17, 15) is 0 Å². The number of aromatic nitrogens is 2. The number of ether oxygens (including phenoxy) is 1. The van der Waals surface area contributed by atoms with Gasteiger partial charge in [-0.25, -0.2) is 0 Å². The average Bonchev–Trinajstić information content (AvgIpc) is 3.28. The molecular weight excluding hydrogens is 421 g/mol. The molecule has 1 aromatic rings. The second kappa shape index (κ2) is 7.55. The van der Waals surface area contributed by atoms with E-state index in [-0.39, 0.29) is 24.0 Å². The maximum Gasteiger partial charge on any atom is 0.228 e. The summed E-state index contributed by atoms with van der Waals surface area (Å²) < 4.78 is 11.2. The number of fused-ring (bicyclic) bond motifs is 5. The van der Waals surface area contributed by atoms with Crippen molar-refractivity contribution < 1.29 is 9.26 Å². The lowest BCUT2D eigenvalue weighted by molar-refractivity contribution is 0.0767. The standard InChI is InChI=1S/C16H25N5O2.HI/c1-3-17-16(18-7-6-15-19-10(2)20-23-15)21-8-11-12(9-21)14-5-4-13(11)22-14;/h11-14H,3-9H2,1-2H3,(H,17,18);1H. The van der Waals surface area contributed by atoms with E-state index >= 15 is 0 Å². The molecule has 134 valence electrons. The highest BCUT2D eigenvalue weighted by Gasteiger charge is 2.53. The lowest BCUT2D eigenvalue weighted by Crippen LogP contribution is -2.41. The average molecular weight is 447 g/mol. The summed E-state index contributed by atoms with van der Waals surface area (Å²) in [4.78, 5) is 11.4. The minimum absolute atomic E-state index is 0. The third-order valence-electron chi connectivity index (χ3n) is 5.24. The number of halogens is 1. The summed E-state index contributed by atoms with van der Waals surface area (Å²) in [5.74, 6) is 3.73. The van der Waals surface area contributed by atoms with Gasteiger partial charge in [0.15, 0.2) is 11.8 Å². The zero-order valence-electron chi connectivity index (χ0n) is 14.3. The van der Waals surface area contributed by atoms with Crippen molar-refractivity contribution in [2.75, 3.05) is 26.2 Å². The van der Waals surface area contributed by atoms with Crippen molar-refractivity contribution in [3.63, 3.8) is 0 Å². The van der Waals surface area contributed by atoms with Crippen LogP contribution in [0.1, 0.15) is 31.5 Å². The molecule has 4 rings (SSSR count). The highest BCUT2D eigenvalue weighted by atomic mass is 127. The molecule has 8 heteroatoms. The second-order valence-corrected chi connectivity index (χ2v) is 6.74. The van der Waals surface area contributed by atoms with Gasteiger partial charge in [0.1, 0.15) is 0 Å². The van der Waals surface area contributed by atoms with Crippen molar-refractivity contribution in [1.29, 1.82) is 0 Å². The summed E-state index contributed by atoms with van der Waals surface area (Å²) in [7, 11) is 0. The van der Waals surface area contributed by atoms with Crippen molar-refractivity contribution >= 4 is 29.9 Å². The van der Waals surface area contributed by atoms with Crippen molar-refractivity contribution in [2.45, 2.75) is 45.3 Å². The quantitative estimate of drug-likeness (QED) is 0.430. The van der Waals surface area contributed by atoms with E-state index < -0.39 is 0 Å². The van der Waals surface area contributed by atoms with Crippen LogP contribution >= 0.6 is 24.0 Å². The first-order valence-corrected chi connectivity index (χ1v) is 8.72. The smallest absolute Gasteiger partial charge is 0.228 e. The van der Waals surface area contributed by atoms with Crippen LogP contribution in [-0.2, 0) is 11.2 Å². The number of nitrogens with zero attached hydrogens (tertiary/aromatic N) is 4. The van der Waals surface area contributed by atoms with Crippen LogP contribution in [0, 0.1) is 18.8 Å². The van der Waals surface area contributed by atoms with Gasteiger partial charge in [-0.05, 0) is 26.7 Å². The predicted octanol–water partition coefficient (Wildman–Crippen LogP) is 1.61. The monoisotopic (exact) mass is 447 g/mol. The third kappa shape index (κ3) is 3.40. The number of aliphatic imine (C=N–C) groups is 1. The topological polar surface area (TPSA) is 75.8 Å². The zero-order valence-corrected chi connectivity index (χ0v) is 16.6. The van der Waals surface area contributed by atoms with Crippen LogP contribution < -0.4 is 5.32 Å². The normalized spacial score (nSPS) is 31.2. The third-order valence-corrected chi connectivity index (χ3v) is 5.24. The van der Waals surface area contributed by atoms with Gasteiger partial charge in [-0.1, -0.05) is 5.16 Å². The molecule has 4 unspecified atom stereocenters. The Labute approximate surface area is 159 Å². The first-order chi connectivity index (χ1) is 11.2. The van der Waals surface area contributed by atoms with E-state index in [1.54, 1.807) is 0 Å². The fraction of sp³-hybridized carbons (Fsp3) is 0.812. The van der Waals surface area contributed by atoms with Crippen LogP contribution in [0.4, 0.5) is 0 Å². The predicted molar refractivity (Wildman–Crippen MR) is 101 cm³/mol. The number of aryl methyl sites for hydroxylation is 1. The molecule has 0 radical (unpaired) electrons. The Hall–Kier alpha value is -0.900. The number of nitrogens with one attached hydrogen (secondary N) is 1. The molecule has 7 nitrogen and oxygen atoms in total. The first-order valence-electron chi connectivity index (χ1n) is 8.72. The molecule has 1 N–H and O–H groups in total. The SMILES string of the molecule is CCNC(=NCCc1nc(C)no1)N1CC2C3CCC(O3)C2C1.I. The fourth-order valence-corrected chi connectivity index (χ4v) is 4.26. The van der Waals surface area contributed by atoms with Crippen LogP contribution in [0.2, 0.25) is 0 Å². The van der Waals surface area contributed by atoms with Gasteiger partial charge in [0.05, 0.1) is 18.8 Å². The van der Waals surface area contributed by atoms with Gasteiger partial charge in [0, 0.05) is 37.9 Å². The molecule has 0 aliphatic carbocycles. The maximum atomic E-state index is 6.05. The maximum absolute atomic E-state index is 6.05. The number of likely N-dealkylation sites (tertiary alicyclic amines) is 1. The van der Waals surface area contributed by atoms with Crippen molar-refractivity contribution in [2.24, 2.45) is 16.8 Å². The van der Waals surface area contributed by atoms with E-state index in [4.69, 9.17) is 14.3 Å². The number of guanidine groups is 1. The molecule has 3 saturated heterocycles. The second-order valence-electron chi connectivity index (χ2n) is 6.74. The van der Waals surface area contributed by atoms with E-state index in [2.05, 4.69) is 27.3 Å². The van der Waals surface area contributed by atoms with Crippen LogP contribution in [0.5, 0.6) is 0 Å². The van der Waals surface area contributed by atoms with Crippen molar-refractivity contribution in [3.05, 3.63) is 11.7 Å². The van der Waals surface area contributed by atoms with Crippen molar-refractivity contribution in [1.82, 2.24) is 20.4 Å². The van der Waals surface area contributed by atoms with Crippen LogP contribution in [-0.4, -0.2) is 59.4 Å². The van der Waals surface area contributed by atoms with Crippen LogP contribution in [0.25, 0.3) is 0 Å². The molecule has 0 saturated carbocycles. The Bertz CT molecular complexity index is 575. The van der Waals surface area contributed by atoms with Gasteiger partial charge < -0.3 is 19.5 Å². The molecular formula is C16H26IN5O2. The Morgan fingerprint density at radius 1 is 1.29 bits per heavy atom. The lowest BCUT2D eigenvalue weighted by atomic mass is 9.82. The lowest BCUT2D eigenvalue weighted by Gasteiger charge is -2.23. The molecule has 4 heterocycles. The highest BCUT2D eigenvalue weighted by molar-refractivity contribution is 14.0. The fourth-order valence-electron chi connectivity index (χ4n) is 4.26. The zero-order chi connectivity index (χ0) is 15.8. The van der Waals surface area contributed by atoms with Gasteiger partial charge in [-0.2, -0.15) is 4.98 Å². The first kappa shape index (κ1) is 17.9. The van der Waals surface area contributed by atoms with E-state index in [1.165, 1.54) is 12.8 Å². The summed E-state index contributed by atoms with van der Waals surface area (Å²) >= 11 is 0. The Morgan fingerprint density at radius 3 is 2.58 bits per heavy atom. The van der Waals surface area contributed by atoms with Gasteiger partial charge in [-0.15, -0.1) is 24.0 Å². The summed E-state index contributed by atoms with van der Waals surface area (Å²) in [6.45, 7) is 7.63. The largest absolute Gasteiger partial charge is 0.374 e. The molecule has 0 spiro atoms. The molecule has 3 aliphatic heterocycles. The molecule has 3 aliphatic rings. The minimum Gasteiger partial charge on any atom is -0.374 e. The summed E-state index contributed by atoms with van der Waals surface area (Å²) in [5.41, 5.74) is 0. The number of hydrogen-bond acceptors (Lipinski definition) is 5. The Kier molecular flexibility index (Phi) is 5.63. The Morgan fingerprint density at radius 2 is 2.00 bits per heavy atom. The van der Waals surface area contributed by atoms with Crippen molar-refractivity contribution in [3.8, 4) is 0 Å². The molecule has 0 amide bonds. The number of hydrogen-bond donors (Lipinski definition) is 1. The van der Waals surface area contributed by atoms with Gasteiger partial charge >= 0.3 is 0 Å². The highest BCUT2D eigenvalue weighted by Crippen LogP contribution is 2.47. The van der Waals surface area contributed by atoms with Gasteiger partial charge in [0.25, 0.3) is 0 Å². The summed E-state index contributed by atoms with van der Waals surface area (Å²) in [5, 5.41) is 7.24. The van der Waals surface area contributed by atoms with E-state index in [0.29, 0.717) is 48.7 Å². The van der Waals surface area contributed by atoms with Crippen LogP contribution in [0.15, 0.2) is 9.52 Å². The van der Waals surface area contributed by atoms with Gasteiger partial charge in [-0.3, -0.25) is 4.99 Å². The molecule has 3 fully saturated rings. The van der Waals surface area contributed by atoms with Gasteiger partial charge in [0.2, 0.25) is 5.89 Å². The van der Waals surface area contributed by atoms with E-state index in [0.717, 1.165) is 25.6 Å². The summed E-state index contributed by atoms with van der Waals surface area (Å²) in [6.07, 6.45) is 4.14. The molecule has 4 atom stereocenters. The summed E-state index contributed by atoms with van der Waals surface area (Å²) in [6, 6.07) is 0.